The summed E-state index contributed by atoms with van der Waals surface area (Å²) < 4.78 is 0. The highest BCUT2D eigenvalue weighted by atomic mass is 35.5. The van der Waals surface area contributed by atoms with E-state index in [2.05, 4.69) is 34.5 Å². The van der Waals surface area contributed by atoms with Crippen LogP contribution in [0.5, 0.6) is 0 Å². The van der Waals surface area contributed by atoms with Crippen LogP contribution in [-0.4, -0.2) is 26.2 Å². The number of anilines is 1. The number of rotatable bonds is 2. The highest BCUT2D eigenvalue weighted by Gasteiger charge is 2.10. The second-order valence-electron chi connectivity index (χ2n) is 4.91. The first-order valence-electron chi connectivity index (χ1n) is 6.75. The van der Waals surface area contributed by atoms with E-state index in [-0.39, 0.29) is 0 Å². The van der Waals surface area contributed by atoms with Gasteiger partial charge in [0.2, 0.25) is 0 Å². The number of benzene rings is 2. The third-order valence-electron chi connectivity index (χ3n) is 3.60. The van der Waals surface area contributed by atoms with Crippen molar-refractivity contribution in [1.82, 2.24) is 5.32 Å². The monoisotopic (exact) mass is 306 g/mol. The van der Waals surface area contributed by atoms with Crippen molar-refractivity contribution < 1.29 is 0 Å². The fourth-order valence-corrected chi connectivity index (χ4v) is 2.76. The number of halogens is 2. The molecule has 2 nitrogen and oxygen atoms in total. The lowest BCUT2D eigenvalue weighted by molar-refractivity contribution is 0.589. The Labute approximate surface area is 129 Å². The Kier molecular flexibility index (Phi) is 4.16. The minimum atomic E-state index is 0.591. The van der Waals surface area contributed by atoms with Crippen LogP contribution in [0.4, 0.5) is 5.69 Å². The molecule has 0 unspecified atom stereocenters. The summed E-state index contributed by atoms with van der Waals surface area (Å²) in [6.07, 6.45) is 0. The van der Waals surface area contributed by atoms with E-state index in [1.807, 2.05) is 18.2 Å². The summed E-state index contributed by atoms with van der Waals surface area (Å²) in [6, 6.07) is 14.3. The molecule has 1 saturated heterocycles. The van der Waals surface area contributed by atoms with Crippen molar-refractivity contribution in [1.29, 1.82) is 0 Å². The standard InChI is InChI=1S/C16H16Cl2N2/c17-15-6-3-13(11-16(15)18)12-1-4-14(5-2-12)20-9-7-19-8-10-20/h1-6,11,19H,7-10H2. The molecule has 2 aromatic carbocycles. The Hall–Kier alpha value is -1.22. The average Bonchev–Trinajstić information content (AvgIpc) is 2.51. The SMILES string of the molecule is Clc1ccc(-c2ccc(N3CCNCC3)cc2)cc1Cl. The third kappa shape index (κ3) is 2.93. The van der Waals surface area contributed by atoms with Crippen LogP contribution in [0.3, 0.4) is 0 Å². The normalized spacial score (nSPS) is 15.4. The highest BCUT2D eigenvalue weighted by molar-refractivity contribution is 6.42. The van der Waals surface area contributed by atoms with E-state index in [0.29, 0.717) is 10.0 Å². The summed E-state index contributed by atoms with van der Waals surface area (Å²) in [7, 11) is 0. The molecule has 2 aromatic rings. The molecular weight excluding hydrogens is 291 g/mol. The molecule has 20 heavy (non-hydrogen) atoms. The molecule has 0 radical (unpaired) electrons. The fraction of sp³-hybridized carbons (Fsp3) is 0.250. The molecule has 1 aliphatic rings. The van der Waals surface area contributed by atoms with E-state index in [9.17, 15) is 0 Å². The molecule has 0 atom stereocenters. The van der Waals surface area contributed by atoms with Gasteiger partial charge in [-0.05, 0) is 35.4 Å². The predicted octanol–water partition coefficient (Wildman–Crippen LogP) is 4.07. The maximum Gasteiger partial charge on any atom is 0.0598 e. The molecule has 0 bridgehead atoms. The van der Waals surface area contributed by atoms with Crippen molar-refractivity contribution in [3.63, 3.8) is 0 Å². The minimum Gasteiger partial charge on any atom is -0.369 e. The molecule has 3 rings (SSSR count). The lowest BCUT2D eigenvalue weighted by Gasteiger charge is -2.29. The smallest absolute Gasteiger partial charge is 0.0598 e. The molecule has 0 saturated carbocycles. The molecular formula is C16H16Cl2N2. The molecule has 1 heterocycles. The lowest BCUT2D eigenvalue weighted by Crippen LogP contribution is -2.43. The van der Waals surface area contributed by atoms with Crippen molar-refractivity contribution in [2.75, 3.05) is 31.1 Å². The van der Waals surface area contributed by atoms with Crippen LogP contribution in [0.1, 0.15) is 0 Å². The van der Waals surface area contributed by atoms with Crippen LogP contribution < -0.4 is 10.2 Å². The van der Waals surface area contributed by atoms with E-state index in [1.165, 1.54) is 5.69 Å². The lowest BCUT2D eigenvalue weighted by atomic mass is 10.1. The molecule has 0 spiro atoms. The van der Waals surface area contributed by atoms with Crippen LogP contribution in [-0.2, 0) is 0 Å². The van der Waals surface area contributed by atoms with E-state index < -0.39 is 0 Å². The van der Waals surface area contributed by atoms with E-state index in [0.717, 1.165) is 37.3 Å². The number of nitrogens with one attached hydrogen (secondary N) is 1. The van der Waals surface area contributed by atoms with Crippen molar-refractivity contribution >= 4 is 28.9 Å². The minimum absolute atomic E-state index is 0.591. The first-order valence-corrected chi connectivity index (χ1v) is 7.51. The average molecular weight is 307 g/mol. The molecule has 1 N–H and O–H groups in total. The highest BCUT2D eigenvalue weighted by Crippen LogP contribution is 2.29. The topological polar surface area (TPSA) is 15.3 Å². The number of hydrogen-bond donors (Lipinski definition) is 1. The van der Waals surface area contributed by atoms with Gasteiger partial charge in [-0.3, -0.25) is 0 Å². The Morgan fingerprint density at radius 2 is 1.45 bits per heavy atom. The van der Waals surface area contributed by atoms with Gasteiger partial charge in [-0.1, -0.05) is 41.4 Å². The fourth-order valence-electron chi connectivity index (χ4n) is 2.46. The van der Waals surface area contributed by atoms with Gasteiger partial charge in [0.05, 0.1) is 10.0 Å². The van der Waals surface area contributed by atoms with Crippen LogP contribution in [0.25, 0.3) is 11.1 Å². The zero-order valence-corrected chi connectivity index (χ0v) is 12.6. The van der Waals surface area contributed by atoms with Crippen molar-refractivity contribution in [3.05, 3.63) is 52.5 Å². The van der Waals surface area contributed by atoms with E-state index in [4.69, 9.17) is 23.2 Å². The second kappa shape index (κ2) is 6.04. The van der Waals surface area contributed by atoms with Gasteiger partial charge in [0.15, 0.2) is 0 Å². The van der Waals surface area contributed by atoms with Crippen molar-refractivity contribution in [2.45, 2.75) is 0 Å². The predicted molar refractivity (Wildman–Crippen MR) is 87.0 cm³/mol. The van der Waals surface area contributed by atoms with Crippen molar-refractivity contribution in [3.8, 4) is 11.1 Å². The number of piperazine rings is 1. The van der Waals surface area contributed by atoms with Gasteiger partial charge in [-0.2, -0.15) is 0 Å². The van der Waals surface area contributed by atoms with Crippen LogP contribution in [0.2, 0.25) is 10.0 Å². The third-order valence-corrected chi connectivity index (χ3v) is 4.34. The van der Waals surface area contributed by atoms with Gasteiger partial charge < -0.3 is 10.2 Å². The van der Waals surface area contributed by atoms with E-state index >= 15 is 0 Å². The molecule has 4 heteroatoms. The van der Waals surface area contributed by atoms with Crippen LogP contribution in [0.15, 0.2) is 42.5 Å². The summed E-state index contributed by atoms with van der Waals surface area (Å²) in [5.41, 5.74) is 3.52. The second-order valence-corrected chi connectivity index (χ2v) is 5.73. The first-order chi connectivity index (χ1) is 9.74. The summed E-state index contributed by atoms with van der Waals surface area (Å²) in [4.78, 5) is 2.40. The van der Waals surface area contributed by atoms with Crippen LogP contribution in [0, 0.1) is 0 Å². The zero-order valence-electron chi connectivity index (χ0n) is 11.1. The zero-order chi connectivity index (χ0) is 13.9. The van der Waals surface area contributed by atoms with Gasteiger partial charge in [-0.25, -0.2) is 0 Å². The summed E-state index contributed by atoms with van der Waals surface area (Å²) in [5.74, 6) is 0. The molecule has 1 fully saturated rings. The Bertz CT molecular complexity index is 590. The summed E-state index contributed by atoms with van der Waals surface area (Å²) >= 11 is 12.0. The van der Waals surface area contributed by atoms with E-state index in [1.54, 1.807) is 0 Å². The Balaban J connectivity index is 1.83. The van der Waals surface area contributed by atoms with Gasteiger partial charge in [-0.15, -0.1) is 0 Å². The Morgan fingerprint density at radius 3 is 2.10 bits per heavy atom. The maximum atomic E-state index is 6.07. The number of nitrogens with zero attached hydrogens (tertiary/aromatic N) is 1. The van der Waals surface area contributed by atoms with Gasteiger partial charge in [0, 0.05) is 31.9 Å². The Morgan fingerprint density at radius 1 is 0.800 bits per heavy atom. The summed E-state index contributed by atoms with van der Waals surface area (Å²) in [5, 5.41) is 4.55. The first kappa shape index (κ1) is 13.7. The molecule has 0 amide bonds. The van der Waals surface area contributed by atoms with Gasteiger partial charge in [0.1, 0.15) is 0 Å². The number of hydrogen-bond acceptors (Lipinski definition) is 2. The van der Waals surface area contributed by atoms with Gasteiger partial charge >= 0.3 is 0 Å². The van der Waals surface area contributed by atoms with Crippen LogP contribution >= 0.6 is 23.2 Å². The largest absolute Gasteiger partial charge is 0.369 e. The summed E-state index contributed by atoms with van der Waals surface area (Å²) in [6.45, 7) is 4.22. The van der Waals surface area contributed by atoms with Crippen molar-refractivity contribution in [2.24, 2.45) is 0 Å². The molecule has 0 aromatic heterocycles. The molecule has 104 valence electrons. The molecule has 1 aliphatic heterocycles. The quantitative estimate of drug-likeness (QED) is 0.899. The maximum absolute atomic E-state index is 6.07. The molecule has 0 aliphatic carbocycles. The van der Waals surface area contributed by atoms with Gasteiger partial charge in [0.25, 0.3) is 0 Å².